The molecule has 1 heterocycles. The highest BCUT2D eigenvalue weighted by molar-refractivity contribution is 9.10. The van der Waals surface area contributed by atoms with Gasteiger partial charge in [-0.05, 0) is 56.6 Å². The van der Waals surface area contributed by atoms with E-state index in [1.807, 2.05) is 34.6 Å². The molecule has 0 unspecified atom stereocenters. The molecule has 0 aliphatic carbocycles. The summed E-state index contributed by atoms with van der Waals surface area (Å²) in [5, 5.41) is 5.43. The topological polar surface area (TPSA) is 41.6 Å². The molecule has 0 aliphatic heterocycles. The Kier molecular flexibility index (Phi) is 7.16. The third-order valence-electron chi connectivity index (χ3n) is 2.70. The molecule has 0 aromatic carbocycles. The molecule has 0 atom stereocenters. The Labute approximate surface area is 140 Å². The van der Waals surface area contributed by atoms with Crippen LogP contribution in [0, 0.1) is 0 Å². The Bertz CT molecular complexity index is 455. The molecule has 1 aromatic rings. The number of rotatable bonds is 6. The minimum Gasteiger partial charge on any atom is -0.444 e. The Balaban J connectivity index is 2.39. The highest BCUT2D eigenvalue weighted by atomic mass is 79.9. The van der Waals surface area contributed by atoms with E-state index in [1.165, 1.54) is 4.88 Å². The Hall–Kier alpha value is -0.590. The van der Waals surface area contributed by atoms with Crippen molar-refractivity contribution in [1.82, 2.24) is 10.2 Å². The molecule has 0 saturated carbocycles. The number of nitrogens with one attached hydrogen (secondary N) is 1. The van der Waals surface area contributed by atoms with Crippen LogP contribution in [-0.2, 0) is 11.3 Å². The number of ether oxygens (including phenoxy) is 1. The zero-order valence-corrected chi connectivity index (χ0v) is 15.8. The fourth-order valence-electron chi connectivity index (χ4n) is 1.74. The molecule has 0 radical (unpaired) electrons. The fraction of sp³-hybridized carbons (Fsp3) is 0.667. The maximum absolute atomic E-state index is 12.1. The van der Waals surface area contributed by atoms with E-state index < -0.39 is 5.60 Å². The monoisotopic (exact) mass is 376 g/mol. The Morgan fingerprint density at radius 1 is 1.48 bits per heavy atom. The minimum absolute atomic E-state index is 0.123. The van der Waals surface area contributed by atoms with Crippen LogP contribution in [0.3, 0.4) is 0 Å². The number of hydrogen-bond acceptors (Lipinski definition) is 4. The molecule has 0 aliphatic rings. The van der Waals surface area contributed by atoms with E-state index in [0.717, 1.165) is 17.6 Å². The summed E-state index contributed by atoms with van der Waals surface area (Å²) in [6, 6.07) is 2.23. The predicted octanol–water partition coefficient (Wildman–Crippen LogP) is 4.25. The molecule has 120 valence electrons. The van der Waals surface area contributed by atoms with Crippen LogP contribution in [0.1, 0.15) is 39.5 Å². The van der Waals surface area contributed by atoms with Gasteiger partial charge in [0.25, 0.3) is 0 Å². The van der Waals surface area contributed by atoms with Gasteiger partial charge in [0, 0.05) is 40.4 Å². The first-order valence-electron chi connectivity index (χ1n) is 7.12. The number of carbonyl (C=O) groups is 1. The van der Waals surface area contributed by atoms with Crippen molar-refractivity contribution in [3.8, 4) is 0 Å². The molecule has 0 saturated heterocycles. The summed E-state index contributed by atoms with van der Waals surface area (Å²) in [5.41, 5.74) is -0.457. The van der Waals surface area contributed by atoms with E-state index in [4.69, 9.17) is 4.74 Å². The van der Waals surface area contributed by atoms with Crippen molar-refractivity contribution < 1.29 is 9.53 Å². The highest BCUT2D eigenvalue weighted by Gasteiger charge is 2.23. The van der Waals surface area contributed by atoms with Gasteiger partial charge in [-0.3, -0.25) is 0 Å². The molecule has 0 spiro atoms. The standard InChI is InChI=1S/C15H25BrN2O2S/c1-11(2)18(14(19)20-15(3,4)5)7-6-17-9-13-8-12(16)10-21-13/h8,10-11,17H,6-7,9H2,1-5H3. The van der Waals surface area contributed by atoms with Crippen LogP contribution in [-0.4, -0.2) is 35.7 Å². The molecule has 21 heavy (non-hydrogen) atoms. The van der Waals surface area contributed by atoms with Crippen LogP contribution in [0.15, 0.2) is 15.9 Å². The zero-order chi connectivity index (χ0) is 16.0. The first-order valence-corrected chi connectivity index (χ1v) is 8.79. The highest BCUT2D eigenvalue weighted by Crippen LogP contribution is 2.19. The van der Waals surface area contributed by atoms with Crippen LogP contribution in [0.2, 0.25) is 0 Å². The molecule has 1 N–H and O–H groups in total. The second kappa shape index (κ2) is 8.15. The normalized spacial score (nSPS) is 11.8. The smallest absolute Gasteiger partial charge is 0.410 e. The van der Waals surface area contributed by atoms with Gasteiger partial charge in [0.15, 0.2) is 0 Å². The predicted molar refractivity (Wildman–Crippen MR) is 91.8 cm³/mol. The van der Waals surface area contributed by atoms with Crippen LogP contribution in [0.5, 0.6) is 0 Å². The second-order valence-corrected chi connectivity index (χ2v) is 8.09. The maximum atomic E-state index is 12.1. The number of thiophene rings is 1. The number of nitrogens with zero attached hydrogens (tertiary/aromatic N) is 1. The summed E-state index contributed by atoms with van der Waals surface area (Å²) >= 11 is 5.16. The van der Waals surface area contributed by atoms with Crippen molar-refractivity contribution in [2.24, 2.45) is 0 Å². The summed E-state index contributed by atoms with van der Waals surface area (Å²) < 4.78 is 6.55. The number of hydrogen-bond donors (Lipinski definition) is 1. The SMILES string of the molecule is CC(C)N(CCNCc1cc(Br)cs1)C(=O)OC(C)(C)C. The number of carbonyl (C=O) groups excluding carboxylic acids is 1. The van der Waals surface area contributed by atoms with Crippen LogP contribution < -0.4 is 5.32 Å². The number of halogens is 1. The van der Waals surface area contributed by atoms with E-state index in [9.17, 15) is 4.79 Å². The summed E-state index contributed by atoms with van der Waals surface area (Å²) in [5.74, 6) is 0. The second-order valence-electron chi connectivity index (χ2n) is 6.18. The fourth-order valence-corrected chi connectivity index (χ4v) is 3.16. The Morgan fingerprint density at radius 3 is 2.62 bits per heavy atom. The van der Waals surface area contributed by atoms with Crippen LogP contribution in [0.25, 0.3) is 0 Å². The quantitative estimate of drug-likeness (QED) is 0.754. The lowest BCUT2D eigenvalue weighted by atomic mass is 10.2. The first-order chi connectivity index (χ1) is 9.69. The molecular formula is C15H25BrN2O2S. The van der Waals surface area contributed by atoms with Crippen molar-refractivity contribution >= 4 is 33.4 Å². The molecule has 1 rings (SSSR count). The molecular weight excluding hydrogens is 352 g/mol. The number of amides is 1. The summed E-state index contributed by atoms with van der Waals surface area (Å²) in [4.78, 5) is 15.2. The van der Waals surface area contributed by atoms with Crippen molar-refractivity contribution in [3.05, 3.63) is 20.8 Å². The largest absolute Gasteiger partial charge is 0.444 e. The van der Waals surface area contributed by atoms with E-state index in [2.05, 4.69) is 32.7 Å². The van der Waals surface area contributed by atoms with Crippen molar-refractivity contribution in [3.63, 3.8) is 0 Å². The molecule has 1 aromatic heterocycles. The first kappa shape index (κ1) is 18.5. The van der Waals surface area contributed by atoms with Crippen LogP contribution >= 0.6 is 27.3 Å². The van der Waals surface area contributed by atoms with E-state index in [1.54, 1.807) is 16.2 Å². The summed E-state index contributed by atoms with van der Waals surface area (Å²) in [7, 11) is 0. The summed E-state index contributed by atoms with van der Waals surface area (Å²) in [6.45, 7) is 11.9. The van der Waals surface area contributed by atoms with Crippen LogP contribution in [0.4, 0.5) is 4.79 Å². The van der Waals surface area contributed by atoms with Gasteiger partial charge in [0.05, 0.1) is 0 Å². The average Bonchev–Trinajstić information content (AvgIpc) is 2.71. The van der Waals surface area contributed by atoms with E-state index >= 15 is 0 Å². The van der Waals surface area contributed by atoms with Gasteiger partial charge in [0.1, 0.15) is 5.60 Å². The average molecular weight is 377 g/mol. The zero-order valence-electron chi connectivity index (χ0n) is 13.4. The molecule has 0 fully saturated rings. The lowest BCUT2D eigenvalue weighted by molar-refractivity contribution is 0.0193. The van der Waals surface area contributed by atoms with Gasteiger partial charge in [-0.15, -0.1) is 11.3 Å². The van der Waals surface area contributed by atoms with Crippen molar-refractivity contribution in [2.45, 2.75) is 52.8 Å². The lowest BCUT2D eigenvalue weighted by Gasteiger charge is -2.30. The third-order valence-corrected chi connectivity index (χ3v) is 4.40. The molecule has 0 bridgehead atoms. The molecule has 4 nitrogen and oxygen atoms in total. The van der Waals surface area contributed by atoms with Gasteiger partial charge >= 0.3 is 6.09 Å². The van der Waals surface area contributed by atoms with Gasteiger partial charge in [-0.2, -0.15) is 0 Å². The molecule has 6 heteroatoms. The summed E-state index contributed by atoms with van der Waals surface area (Å²) in [6.07, 6.45) is -0.252. The van der Waals surface area contributed by atoms with Gasteiger partial charge in [-0.25, -0.2) is 4.79 Å². The van der Waals surface area contributed by atoms with Crippen molar-refractivity contribution in [2.75, 3.05) is 13.1 Å². The van der Waals surface area contributed by atoms with E-state index in [0.29, 0.717) is 6.54 Å². The van der Waals surface area contributed by atoms with E-state index in [-0.39, 0.29) is 12.1 Å². The third kappa shape index (κ3) is 7.29. The minimum atomic E-state index is -0.457. The maximum Gasteiger partial charge on any atom is 0.410 e. The van der Waals surface area contributed by atoms with Gasteiger partial charge < -0.3 is 15.0 Å². The lowest BCUT2D eigenvalue weighted by Crippen LogP contribution is -2.44. The Morgan fingerprint density at radius 2 is 2.14 bits per heavy atom. The van der Waals surface area contributed by atoms with Gasteiger partial charge in [-0.1, -0.05) is 0 Å². The molecule has 1 amide bonds. The van der Waals surface area contributed by atoms with Gasteiger partial charge in [0.2, 0.25) is 0 Å². The van der Waals surface area contributed by atoms with Crippen molar-refractivity contribution in [1.29, 1.82) is 0 Å².